The molecule has 1 heterocycles. The van der Waals surface area contributed by atoms with Gasteiger partial charge < -0.3 is 10.2 Å². The van der Waals surface area contributed by atoms with Crippen LogP contribution in [0.15, 0.2) is 22.7 Å². The molecule has 3 atom stereocenters. The molecule has 0 radical (unpaired) electrons. The maximum absolute atomic E-state index is 3.73. The van der Waals surface area contributed by atoms with Gasteiger partial charge in [-0.2, -0.15) is 0 Å². The number of halogens is 1. The van der Waals surface area contributed by atoms with Crippen LogP contribution in [0.5, 0.6) is 0 Å². The molecule has 3 unspecified atom stereocenters. The summed E-state index contributed by atoms with van der Waals surface area (Å²) in [5, 5.41) is 3.38. The van der Waals surface area contributed by atoms with Gasteiger partial charge in [-0.15, -0.1) is 0 Å². The molecule has 1 N–H and O–H groups in total. The summed E-state index contributed by atoms with van der Waals surface area (Å²) in [4.78, 5) is 2.57. The average molecular weight is 339 g/mol. The zero-order chi connectivity index (χ0) is 14.7. The predicted octanol–water partition coefficient (Wildman–Crippen LogP) is 4.43. The van der Waals surface area contributed by atoms with Gasteiger partial charge >= 0.3 is 0 Å². The highest BCUT2D eigenvalue weighted by molar-refractivity contribution is 9.10. The standard InChI is InChI=1S/C17H27BrN2/c1-5-19-10-15-6-7-16(9-17(15)18)20-11-12(2)8-13(3)14(20)4/h6-7,9,12-14,19H,5,8,10-11H2,1-4H3. The van der Waals surface area contributed by atoms with E-state index in [0.29, 0.717) is 6.04 Å². The Morgan fingerprint density at radius 3 is 2.70 bits per heavy atom. The van der Waals surface area contributed by atoms with E-state index in [9.17, 15) is 0 Å². The molecule has 1 saturated heterocycles. The number of hydrogen-bond acceptors (Lipinski definition) is 2. The third-order valence-electron chi connectivity index (χ3n) is 4.53. The van der Waals surface area contributed by atoms with Crippen molar-refractivity contribution in [2.75, 3.05) is 18.0 Å². The van der Waals surface area contributed by atoms with Crippen LogP contribution in [0.1, 0.15) is 39.7 Å². The fourth-order valence-corrected chi connectivity index (χ4v) is 3.68. The first-order chi connectivity index (χ1) is 9.52. The van der Waals surface area contributed by atoms with Gasteiger partial charge in [-0.25, -0.2) is 0 Å². The molecule has 0 saturated carbocycles. The van der Waals surface area contributed by atoms with Crippen molar-refractivity contribution < 1.29 is 0 Å². The summed E-state index contributed by atoms with van der Waals surface area (Å²) >= 11 is 3.73. The molecule has 2 rings (SSSR count). The van der Waals surface area contributed by atoms with Crippen LogP contribution in [0.25, 0.3) is 0 Å². The minimum atomic E-state index is 0.623. The molecular weight excluding hydrogens is 312 g/mol. The van der Waals surface area contributed by atoms with Gasteiger partial charge in [-0.1, -0.05) is 42.8 Å². The summed E-state index contributed by atoms with van der Waals surface area (Å²) in [6.45, 7) is 12.3. The molecule has 0 bridgehead atoms. The van der Waals surface area contributed by atoms with E-state index in [2.05, 4.69) is 72.0 Å². The fraction of sp³-hybridized carbons (Fsp3) is 0.647. The van der Waals surface area contributed by atoms with Crippen LogP contribution in [0.3, 0.4) is 0 Å². The molecule has 0 aromatic heterocycles. The number of nitrogens with zero attached hydrogens (tertiary/aromatic N) is 1. The molecule has 1 aliphatic rings. The van der Waals surface area contributed by atoms with Crippen molar-refractivity contribution in [3.05, 3.63) is 28.2 Å². The van der Waals surface area contributed by atoms with Crippen molar-refractivity contribution in [1.29, 1.82) is 0 Å². The van der Waals surface area contributed by atoms with Crippen molar-refractivity contribution in [3.63, 3.8) is 0 Å². The van der Waals surface area contributed by atoms with Crippen LogP contribution in [0.4, 0.5) is 5.69 Å². The Kier molecular flexibility index (Phi) is 5.50. The molecule has 20 heavy (non-hydrogen) atoms. The van der Waals surface area contributed by atoms with E-state index in [4.69, 9.17) is 0 Å². The summed E-state index contributed by atoms with van der Waals surface area (Å²) in [5.74, 6) is 1.54. The van der Waals surface area contributed by atoms with E-state index in [1.54, 1.807) is 0 Å². The first-order valence-electron chi connectivity index (χ1n) is 7.78. The summed E-state index contributed by atoms with van der Waals surface area (Å²) < 4.78 is 1.22. The van der Waals surface area contributed by atoms with Crippen LogP contribution in [-0.2, 0) is 6.54 Å². The molecular formula is C17H27BrN2. The van der Waals surface area contributed by atoms with Crippen LogP contribution >= 0.6 is 15.9 Å². The quantitative estimate of drug-likeness (QED) is 0.873. The van der Waals surface area contributed by atoms with Crippen LogP contribution < -0.4 is 10.2 Å². The normalized spacial score (nSPS) is 26.9. The van der Waals surface area contributed by atoms with Crippen LogP contribution in [0.2, 0.25) is 0 Å². The van der Waals surface area contributed by atoms with E-state index in [-0.39, 0.29) is 0 Å². The third-order valence-corrected chi connectivity index (χ3v) is 5.27. The molecule has 1 aliphatic heterocycles. The molecule has 0 amide bonds. The van der Waals surface area contributed by atoms with E-state index < -0.39 is 0 Å². The second kappa shape index (κ2) is 6.95. The SMILES string of the molecule is CCNCc1ccc(N2CC(C)CC(C)C2C)cc1Br. The van der Waals surface area contributed by atoms with Crippen molar-refractivity contribution in [2.24, 2.45) is 11.8 Å². The monoisotopic (exact) mass is 338 g/mol. The van der Waals surface area contributed by atoms with Crippen molar-refractivity contribution >= 4 is 21.6 Å². The molecule has 0 aliphatic carbocycles. The van der Waals surface area contributed by atoms with E-state index in [0.717, 1.165) is 24.9 Å². The van der Waals surface area contributed by atoms with Crippen molar-refractivity contribution in [2.45, 2.75) is 46.7 Å². The summed E-state index contributed by atoms with van der Waals surface area (Å²) in [5.41, 5.74) is 2.68. The number of piperidine rings is 1. The molecule has 1 aromatic rings. The lowest BCUT2D eigenvalue weighted by molar-refractivity contribution is 0.297. The van der Waals surface area contributed by atoms with Gasteiger partial charge in [-0.3, -0.25) is 0 Å². The van der Waals surface area contributed by atoms with E-state index >= 15 is 0 Å². The summed E-state index contributed by atoms with van der Waals surface area (Å²) in [6, 6.07) is 7.43. The highest BCUT2D eigenvalue weighted by atomic mass is 79.9. The number of nitrogens with one attached hydrogen (secondary N) is 1. The zero-order valence-corrected chi connectivity index (χ0v) is 14.7. The van der Waals surface area contributed by atoms with Gasteiger partial charge in [0.1, 0.15) is 0 Å². The Morgan fingerprint density at radius 2 is 2.05 bits per heavy atom. The Morgan fingerprint density at radius 1 is 1.30 bits per heavy atom. The molecule has 3 heteroatoms. The summed E-state index contributed by atoms with van der Waals surface area (Å²) in [7, 11) is 0. The van der Waals surface area contributed by atoms with Crippen LogP contribution in [-0.4, -0.2) is 19.1 Å². The Hall–Kier alpha value is -0.540. The van der Waals surface area contributed by atoms with Crippen molar-refractivity contribution in [3.8, 4) is 0 Å². The Balaban J connectivity index is 2.17. The Bertz CT molecular complexity index is 447. The van der Waals surface area contributed by atoms with Gasteiger partial charge in [0.25, 0.3) is 0 Å². The maximum atomic E-state index is 3.73. The molecule has 112 valence electrons. The van der Waals surface area contributed by atoms with Gasteiger partial charge in [0.15, 0.2) is 0 Å². The maximum Gasteiger partial charge on any atom is 0.0380 e. The average Bonchev–Trinajstić information content (AvgIpc) is 2.41. The number of anilines is 1. The smallest absolute Gasteiger partial charge is 0.0380 e. The molecule has 1 aromatic carbocycles. The predicted molar refractivity (Wildman–Crippen MR) is 91.3 cm³/mol. The molecule has 2 nitrogen and oxygen atoms in total. The van der Waals surface area contributed by atoms with Crippen LogP contribution in [0, 0.1) is 11.8 Å². The minimum Gasteiger partial charge on any atom is -0.368 e. The first kappa shape index (κ1) is 15.8. The molecule has 0 spiro atoms. The topological polar surface area (TPSA) is 15.3 Å². The van der Waals surface area contributed by atoms with E-state index in [1.807, 2.05) is 0 Å². The number of hydrogen-bond donors (Lipinski definition) is 1. The lowest BCUT2D eigenvalue weighted by atomic mass is 9.85. The number of benzene rings is 1. The molecule has 1 fully saturated rings. The lowest BCUT2D eigenvalue weighted by Gasteiger charge is -2.42. The van der Waals surface area contributed by atoms with E-state index in [1.165, 1.54) is 28.7 Å². The fourth-order valence-electron chi connectivity index (χ4n) is 3.17. The van der Waals surface area contributed by atoms with Gasteiger partial charge in [0.05, 0.1) is 0 Å². The first-order valence-corrected chi connectivity index (χ1v) is 8.58. The second-order valence-corrected chi connectivity index (χ2v) is 7.12. The highest BCUT2D eigenvalue weighted by Gasteiger charge is 2.28. The van der Waals surface area contributed by atoms with Gasteiger partial charge in [0.2, 0.25) is 0 Å². The zero-order valence-electron chi connectivity index (χ0n) is 13.1. The Labute approximate surface area is 132 Å². The minimum absolute atomic E-state index is 0.623. The number of rotatable bonds is 4. The highest BCUT2D eigenvalue weighted by Crippen LogP contribution is 2.33. The van der Waals surface area contributed by atoms with Gasteiger partial charge in [-0.05, 0) is 49.4 Å². The van der Waals surface area contributed by atoms with Crippen molar-refractivity contribution in [1.82, 2.24) is 5.32 Å². The van der Waals surface area contributed by atoms with Gasteiger partial charge in [0, 0.05) is 29.3 Å². The second-order valence-electron chi connectivity index (χ2n) is 6.27. The summed E-state index contributed by atoms with van der Waals surface area (Å²) in [6.07, 6.45) is 1.34. The third kappa shape index (κ3) is 3.56. The largest absolute Gasteiger partial charge is 0.368 e. The lowest BCUT2D eigenvalue weighted by Crippen LogP contribution is -2.45.